The van der Waals surface area contributed by atoms with Crippen molar-refractivity contribution in [2.45, 2.75) is 25.9 Å². The van der Waals surface area contributed by atoms with Gasteiger partial charge in [-0.05, 0) is 19.4 Å². The van der Waals surface area contributed by atoms with Crippen molar-refractivity contribution in [3.63, 3.8) is 0 Å². The second kappa shape index (κ2) is 11.2. The maximum Gasteiger partial charge on any atom is 0.227 e. The van der Waals surface area contributed by atoms with Gasteiger partial charge in [-0.15, -0.1) is 24.8 Å². The van der Waals surface area contributed by atoms with Gasteiger partial charge in [0.2, 0.25) is 5.91 Å². The van der Waals surface area contributed by atoms with Crippen molar-refractivity contribution in [2.75, 3.05) is 52.4 Å². The molecule has 27 heavy (non-hydrogen) atoms. The number of aromatic nitrogens is 2. The third kappa shape index (κ3) is 6.32. The highest BCUT2D eigenvalue weighted by atomic mass is 35.5. The van der Waals surface area contributed by atoms with Gasteiger partial charge in [0.25, 0.3) is 0 Å². The van der Waals surface area contributed by atoms with Crippen LogP contribution in [0.5, 0.6) is 0 Å². The van der Waals surface area contributed by atoms with Gasteiger partial charge < -0.3 is 15.0 Å². The summed E-state index contributed by atoms with van der Waals surface area (Å²) in [4.78, 5) is 17.4. The zero-order valence-electron chi connectivity index (χ0n) is 16.5. The predicted molar refractivity (Wildman–Crippen MR) is 111 cm³/mol. The van der Waals surface area contributed by atoms with Crippen LogP contribution in [0.1, 0.15) is 25.3 Å². The molecule has 7 nitrogen and oxygen atoms in total. The molecule has 156 valence electrons. The number of carbonyl (C=O) groups is 1. The lowest BCUT2D eigenvalue weighted by atomic mass is 9.89. The highest BCUT2D eigenvalue weighted by Crippen LogP contribution is 2.29. The first kappa shape index (κ1) is 24.2. The number of nitrogens with zero attached hydrogens (tertiary/aromatic N) is 4. The fourth-order valence-electron chi connectivity index (χ4n) is 3.76. The van der Waals surface area contributed by atoms with Crippen LogP contribution in [0.3, 0.4) is 0 Å². The number of hydrogen-bond donors (Lipinski definition) is 1. The summed E-state index contributed by atoms with van der Waals surface area (Å²) in [5.41, 5.74) is 1.16. The van der Waals surface area contributed by atoms with Gasteiger partial charge in [0.15, 0.2) is 0 Å². The Bertz CT molecular complexity index is 576. The summed E-state index contributed by atoms with van der Waals surface area (Å²) in [5, 5.41) is 7.65. The van der Waals surface area contributed by atoms with Crippen molar-refractivity contribution < 1.29 is 9.53 Å². The topological polar surface area (TPSA) is 62.6 Å². The summed E-state index contributed by atoms with van der Waals surface area (Å²) >= 11 is 0. The van der Waals surface area contributed by atoms with Gasteiger partial charge in [-0.1, -0.05) is 0 Å². The van der Waals surface area contributed by atoms with Crippen LogP contribution < -0.4 is 5.32 Å². The third-order valence-corrected chi connectivity index (χ3v) is 5.23. The molecule has 1 aromatic rings. The fourth-order valence-corrected chi connectivity index (χ4v) is 3.76. The van der Waals surface area contributed by atoms with E-state index in [4.69, 9.17) is 4.74 Å². The monoisotopic (exact) mass is 421 g/mol. The first-order valence-corrected chi connectivity index (χ1v) is 9.36. The van der Waals surface area contributed by atoms with Gasteiger partial charge in [0.1, 0.15) is 0 Å². The number of nitrogens with one attached hydrogen (secondary N) is 1. The molecule has 1 aromatic heterocycles. The van der Waals surface area contributed by atoms with Gasteiger partial charge in [-0.3, -0.25) is 14.4 Å². The molecule has 0 bridgehead atoms. The normalized spacial score (nSPS) is 23.2. The molecule has 0 radical (unpaired) electrons. The Kier molecular flexibility index (Phi) is 10.0. The molecule has 0 unspecified atom stereocenters. The van der Waals surface area contributed by atoms with Crippen LogP contribution in [-0.4, -0.2) is 84.0 Å². The van der Waals surface area contributed by atoms with E-state index < -0.39 is 0 Å². The zero-order valence-corrected chi connectivity index (χ0v) is 18.1. The maximum absolute atomic E-state index is 13.0. The SMILES string of the molecule is CC(C)OCCN1CCN(C(=O)[C@H]2CNC[C@@H]2c2cnn(C)c2)CC1.Cl.Cl. The molecule has 3 rings (SSSR count). The number of amides is 1. The summed E-state index contributed by atoms with van der Waals surface area (Å²) < 4.78 is 7.44. The minimum absolute atomic E-state index is 0. The van der Waals surface area contributed by atoms with Crippen molar-refractivity contribution >= 4 is 30.7 Å². The molecule has 1 N–H and O–H groups in total. The summed E-state index contributed by atoms with van der Waals surface area (Å²) in [6.07, 6.45) is 4.21. The number of rotatable bonds is 6. The molecule has 1 amide bonds. The Labute approximate surface area is 174 Å². The number of piperazine rings is 1. The molecule has 0 spiro atoms. The maximum atomic E-state index is 13.0. The summed E-state index contributed by atoms with van der Waals surface area (Å²) in [6, 6.07) is 0. The molecule has 2 aliphatic heterocycles. The Morgan fingerprint density at radius 1 is 1.26 bits per heavy atom. The standard InChI is InChI=1S/C18H31N5O2.2ClH/c1-14(2)25-9-8-22-4-6-23(7-5-22)18(24)17-12-19-11-16(17)15-10-20-21(3)13-15;;/h10,13-14,16-17,19H,4-9,11-12H2,1-3H3;2*1H/t16-,17+;;/m1../s1. The summed E-state index contributed by atoms with van der Waals surface area (Å²) in [7, 11) is 1.92. The van der Waals surface area contributed by atoms with E-state index >= 15 is 0 Å². The van der Waals surface area contributed by atoms with Crippen LogP contribution in [0.2, 0.25) is 0 Å². The van der Waals surface area contributed by atoms with Crippen LogP contribution in [0, 0.1) is 5.92 Å². The van der Waals surface area contributed by atoms with E-state index in [1.165, 1.54) is 0 Å². The first-order chi connectivity index (χ1) is 12.0. The molecule has 9 heteroatoms. The molecule has 0 aliphatic carbocycles. The van der Waals surface area contributed by atoms with Crippen molar-refractivity contribution in [1.82, 2.24) is 24.9 Å². The largest absolute Gasteiger partial charge is 0.377 e. The van der Waals surface area contributed by atoms with Crippen LogP contribution in [0.4, 0.5) is 0 Å². The molecule has 0 saturated carbocycles. The molecule has 0 aromatic carbocycles. The van der Waals surface area contributed by atoms with Gasteiger partial charge in [-0.25, -0.2) is 0 Å². The second-order valence-electron chi connectivity index (χ2n) is 7.41. The Morgan fingerprint density at radius 3 is 2.56 bits per heavy atom. The molecular formula is C18H33Cl2N5O2. The van der Waals surface area contributed by atoms with E-state index in [0.29, 0.717) is 0 Å². The molecule has 2 fully saturated rings. The molecule has 2 saturated heterocycles. The van der Waals surface area contributed by atoms with Gasteiger partial charge >= 0.3 is 0 Å². The third-order valence-electron chi connectivity index (χ3n) is 5.23. The van der Waals surface area contributed by atoms with Gasteiger partial charge in [0.05, 0.1) is 24.8 Å². The summed E-state index contributed by atoms with van der Waals surface area (Å²) in [5.74, 6) is 0.552. The number of halogens is 2. The van der Waals surface area contributed by atoms with E-state index in [1.807, 2.05) is 29.0 Å². The van der Waals surface area contributed by atoms with E-state index in [0.717, 1.165) is 58.0 Å². The van der Waals surface area contributed by atoms with Crippen molar-refractivity contribution in [2.24, 2.45) is 13.0 Å². The highest BCUT2D eigenvalue weighted by molar-refractivity contribution is 5.85. The minimum Gasteiger partial charge on any atom is -0.377 e. The predicted octanol–water partition coefficient (Wildman–Crippen LogP) is 1.14. The van der Waals surface area contributed by atoms with Crippen molar-refractivity contribution in [1.29, 1.82) is 0 Å². The van der Waals surface area contributed by atoms with Crippen LogP contribution in [0.25, 0.3) is 0 Å². The van der Waals surface area contributed by atoms with Crippen LogP contribution in [0.15, 0.2) is 12.4 Å². The molecule has 2 atom stereocenters. The average molecular weight is 422 g/mol. The lowest BCUT2D eigenvalue weighted by Crippen LogP contribution is -2.51. The zero-order chi connectivity index (χ0) is 17.8. The smallest absolute Gasteiger partial charge is 0.227 e. The van der Waals surface area contributed by atoms with Crippen molar-refractivity contribution in [3.8, 4) is 0 Å². The Morgan fingerprint density at radius 2 is 1.96 bits per heavy atom. The van der Waals surface area contributed by atoms with E-state index in [2.05, 4.69) is 29.2 Å². The van der Waals surface area contributed by atoms with Crippen molar-refractivity contribution in [3.05, 3.63) is 18.0 Å². The van der Waals surface area contributed by atoms with Crippen LogP contribution >= 0.6 is 24.8 Å². The lowest BCUT2D eigenvalue weighted by molar-refractivity contribution is -0.137. The van der Waals surface area contributed by atoms with E-state index in [1.54, 1.807) is 0 Å². The second-order valence-corrected chi connectivity index (χ2v) is 7.41. The van der Waals surface area contributed by atoms with Crippen LogP contribution in [-0.2, 0) is 16.6 Å². The van der Waals surface area contributed by atoms with E-state index in [-0.39, 0.29) is 48.7 Å². The quantitative estimate of drug-likeness (QED) is 0.745. The highest BCUT2D eigenvalue weighted by Gasteiger charge is 2.37. The lowest BCUT2D eigenvalue weighted by Gasteiger charge is -2.36. The number of ether oxygens (including phenoxy) is 1. The Balaban J connectivity index is 0.00000182. The fraction of sp³-hybridized carbons (Fsp3) is 0.778. The average Bonchev–Trinajstić information content (AvgIpc) is 3.23. The van der Waals surface area contributed by atoms with E-state index in [9.17, 15) is 4.79 Å². The minimum atomic E-state index is 0. The molecule has 3 heterocycles. The first-order valence-electron chi connectivity index (χ1n) is 9.36. The number of hydrogen-bond acceptors (Lipinski definition) is 5. The summed E-state index contributed by atoms with van der Waals surface area (Å²) in [6.45, 7) is 11.0. The van der Waals surface area contributed by atoms with Gasteiger partial charge in [-0.2, -0.15) is 5.10 Å². The molecular weight excluding hydrogens is 389 g/mol. The number of aryl methyl sites for hydroxylation is 1. The Hall–Kier alpha value is -0.860. The number of carbonyl (C=O) groups excluding carboxylic acids is 1. The molecule has 2 aliphatic rings. The van der Waals surface area contributed by atoms with Gasteiger partial charge in [0, 0.05) is 65.0 Å².